The van der Waals surface area contributed by atoms with Crippen LogP contribution in [-0.2, 0) is 35.2 Å². The van der Waals surface area contributed by atoms with Crippen molar-refractivity contribution < 1.29 is 18.4 Å². The van der Waals surface area contributed by atoms with E-state index in [-0.39, 0.29) is 0 Å². The molecule has 8 aromatic heterocycles. The van der Waals surface area contributed by atoms with Crippen LogP contribution in [0.15, 0.2) is 280 Å². The fourth-order valence-electron chi connectivity index (χ4n) is 14.3. The van der Waals surface area contributed by atoms with Crippen LogP contribution < -0.4 is 23.4 Å². The molecule has 0 bridgehead atoms. The highest BCUT2D eigenvalue weighted by Crippen LogP contribution is 2.36. The van der Waals surface area contributed by atoms with Gasteiger partial charge in [0.05, 0.1) is 64.1 Å². The molecule has 0 amide bonds. The van der Waals surface area contributed by atoms with Gasteiger partial charge >= 0.3 is 5.95 Å². The van der Waals surface area contributed by atoms with Crippen LogP contribution in [0.5, 0.6) is 0 Å². The van der Waals surface area contributed by atoms with Crippen molar-refractivity contribution in [3.05, 3.63) is 308 Å². The van der Waals surface area contributed by atoms with Gasteiger partial charge in [-0.1, -0.05) is 358 Å². The molecule has 0 fully saturated rings. The number of aromatic nitrogens is 9. The number of hydrazine groups is 1. The van der Waals surface area contributed by atoms with E-state index in [1.54, 1.807) is 0 Å². The van der Waals surface area contributed by atoms with E-state index in [0.717, 1.165) is 12.5 Å². The summed E-state index contributed by atoms with van der Waals surface area (Å²) in [5.41, 5.74) is 19.1. The molecule has 9 aromatic carbocycles. The highest BCUT2D eigenvalue weighted by molar-refractivity contribution is 6.14. The maximum atomic E-state index is 2.36. The number of para-hydroxylation sites is 8. The Morgan fingerprint density at radius 2 is 0.610 bits per heavy atom. The molecular weight excluding hydrogens is 1500 g/mol. The zero-order chi connectivity index (χ0) is 93.6. The van der Waals surface area contributed by atoms with Gasteiger partial charge in [0.2, 0.25) is 0 Å². The average molecular weight is 1670 g/mol. The Morgan fingerprint density at radius 1 is 0.260 bits per heavy atom. The summed E-state index contributed by atoms with van der Waals surface area (Å²) in [5, 5.41) is 16.1. The third-order valence-electron chi connectivity index (χ3n) is 18.8. The van der Waals surface area contributed by atoms with Crippen molar-refractivity contribution in [1.29, 1.82) is 0 Å². The first-order valence-electron chi connectivity index (χ1n) is 46.7. The molecule has 11 nitrogen and oxygen atoms in total. The predicted molar refractivity (Wildman–Crippen MR) is 552 cm³/mol. The number of likely N-dealkylation sites (N-methyl/N-ethyl adjacent to an activating group) is 1. The number of fused-ring (bicyclic) bond motifs is 15. The Balaban J connectivity index is 0.00000142. The summed E-state index contributed by atoms with van der Waals surface area (Å²) < 4.78 is 20.2. The minimum atomic E-state index is 0.994. The monoisotopic (exact) mass is 1660 g/mol. The van der Waals surface area contributed by atoms with E-state index in [1.165, 1.54) is 138 Å². The van der Waals surface area contributed by atoms with Crippen molar-refractivity contribution >= 4 is 98.4 Å². The molecule has 123 heavy (non-hydrogen) atoms. The highest BCUT2D eigenvalue weighted by Gasteiger charge is 2.26. The Hall–Kier alpha value is -11.4. The quantitative estimate of drug-likeness (QED) is 0.130. The van der Waals surface area contributed by atoms with Crippen LogP contribution in [0.1, 0.15) is 222 Å². The van der Waals surface area contributed by atoms with Gasteiger partial charge in [0.1, 0.15) is 44.3 Å². The normalized spacial score (nSPS) is 10.1. The maximum absolute atomic E-state index is 2.36. The van der Waals surface area contributed by atoms with Gasteiger partial charge in [0.15, 0.2) is 13.2 Å². The first-order valence-corrected chi connectivity index (χ1v) is 46.7. The number of aryl methyl sites for hydroxylation is 10. The lowest BCUT2D eigenvalue weighted by molar-refractivity contribution is -0.735. The van der Waals surface area contributed by atoms with Crippen molar-refractivity contribution in [2.24, 2.45) is 35.2 Å². The third kappa shape index (κ3) is 26.6. The Bertz CT molecular complexity index is 5590. The summed E-state index contributed by atoms with van der Waals surface area (Å²) in [4.78, 5) is 0. The minimum absolute atomic E-state index is 0.994. The van der Waals surface area contributed by atoms with E-state index < -0.39 is 0 Å². The standard InChI is InChI=1S/2C19H17N2.C18H18N3.C17H15N2.C11H14N2.14C2H6/c1-14-8-3-5-11-17(14)21-18-12-6-4-9-15(18)16-10-7-13-20(2)19(16)21;1-14-8-7-10-16-15-9-3-4-11-17(15)21(19(14)16)18-12-5-6-13-20(18)2;1-13-7-6-9-15-14-8-4-5-10-16(14)21(17(13)15)18-19(2)11-12-20(18)3;1-12-6-5-9-15-13-7-3-4-8-14(13)16-10-11-18(2)19(16)17(12)15;1-10-6-3-4-7-11(10)13-9-5-8-12(13)2;14*1-2/h2*3-13H,1-2H3;4-12H,1-3H3;3-11H,1-2H3;3-7,9H,8H2,1-2H3;14*1-2H3/q4*+1;;;;;;;;;;;;;;;. The number of benzene rings is 9. The van der Waals surface area contributed by atoms with E-state index in [1.807, 2.05) is 194 Å². The first kappa shape index (κ1) is 112. The number of hydrogen-bond donors (Lipinski definition) is 0. The highest BCUT2D eigenvalue weighted by atomic mass is 15.6. The molecule has 0 atom stereocenters. The molecule has 0 N–H and O–H groups in total. The van der Waals surface area contributed by atoms with Crippen molar-refractivity contribution in [3.8, 4) is 17.5 Å². The fourth-order valence-corrected chi connectivity index (χ4v) is 14.3. The minimum Gasteiger partial charge on any atom is -0.282 e. The summed E-state index contributed by atoms with van der Waals surface area (Å²) in [7, 11) is 12.6. The molecule has 1 aliphatic rings. The largest absolute Gasteiger partial charge is 0.369 e. The van der Waals surface area contributed by atoms with E-state index >= 15 is 0 Å². The third-order valence-corrected chi connectivity index (χ3v) is 18.8. The molecule has 0 aliphatic carbocycles. The molecule has 664 valence electrons. The van der Waals surface area contributed by atoms with Crippen LogP contribution in [0.25, 0.3) is 110 Å². The first-order chi connectivity index (χ1) is 60.3. The van der Waals surface area contributed by atoms with Crippen molar-refractivity contribution in [3.63, 3.8) is 0 Å². The van der Waals surface area contributed by atoms with Crippen LogP contribution in [0.3, 0.4) is 0 Å². The lowest BCUT2D eigenvalue weighted by atomic mass is 10.0. The fraction of sp³-hybridized carbons (Fsp3) is 0.357. The van der Waals surface area contributed by atoms with Gasteiger partial charge in [-0.05, 0) is 135 Å². The molecule has 0 unspecified atom stereocenters. The lowest BCUT2D eigenvalue weighted by Gasteiger charge is -2.26. The Labute approximate surface area is 747 Å². The lowest BCUT2D eigenvalue weighted by Crippen LogP contribution is -2.34. The molecule has 0 spiro atoms. The summed E-state index contributed by atoms with van der Waals surface area (Å²) >= 11 is 0. The molecule has 9 heterocycles. The number of imidazole rings is 1. The average Bonchev–Trinajstić information content (AvgIpc) is 1.71. The summed E-state index contributed by atoms with van der Waals surface area (Å²) in [6.07, 6.45) is 14.8. The van der Waals surface area contributed by atoms with Crippen LogP contribution in [0.4, 0.5) is 5.69 Å². The van der Waals surface area contributed by atoms with Crippen molar-refractivity contribution in [1.82, 2.24) is 27.8 Å². The van der Waals surface area contributed by atoms with Crippen molar-refractivity contribution in [2.45, 2.75) is 228 Å². The van der Waals surface area contributed by atoms with E-state index in [9.17, 15) is 0 Å². The summed E-state index contributed by atoms with van der Waals surface area (Å²) in [6, 6.07) is 83.9. The van der Waals surface area contributed by atoms with E-state index in [4.69, 9.17) is 0 Å². The number of rotatable bonds is 4. The van der Waals surface area contributed by atoms with Crippen LogP contribution in [0.2, 0.25) is 0 Å². The van der Waals surface area contributed by atoms with Gasteiger partial charge in [-0.2, -0.15) is 13.7 Å². The number of anilines is 1. The molecule has 17 aromatic rings. The zero-order valence-corrected chi connectivity index (χ0v) is 84.2. The molecule has 0 radical (unpaired) electrons. The second-order valence-electron chi connectivity index (χ2n) is 25.1. The molecule has 0 saturated heterocycles. The Kier molecular flexibility index (Phi) is 56.1. The SMILES string of the molecule is CC.CC.CC.CC.CC.CC.CC.CC.CC.CC.CC.CC.CC.CC.Cc1cccc2c3ccccc3c3cc[n+](C)n3c12.Cc1cccc2c3ccccc3n(-c3cccc[n+]3C)c12.Cc1cccc2c3ccccc3n(-c3n(C)cc[n+]3C)c12.Cc1ccccc1-n1c2ccccc2c2ccc[n+](C)c21.Cc1ccccc1N1C=CCN1C. The second kappa shape index (κ2) is 61.8. The molecule has 11 heteroatoms. The zero-order valence-electron chi connectivity index (χ0n) is 84.2. The van der Waals surface area contributed by atoms with Crippen LogP contribution >= 0.6 is 0 Å². The van der Waals surface area contributed by atoms with Crippen LogP contribution in [-0.4, -0.2) is 41.4 Å². The topological polar surface area (TPSA) is 46.1 Å². The molecular formula is C112H165N11+4. The number of nitrogens with zero attached hydrogens (tertiary/aromatic N) is 11. The smallest absolute Gasteiger partial charge is 0.282 e. The van der Waals surface area contributed by atoms with E-state index in [2.05, 4.69) is 408 Å². The summed E-state index contributed by atoms with van der Waals surface area (Å²) in [6.45, 7) is 67.8. The maximum Gasteiger partial charge on any atom is 0.369 e. The van der Waals surface area contributed by atoms with E-state index in [0.29, 0.717) is 0 Å². The number of pyridine rings is 3. The second-order valence-corrected chi connectivity index (χ2v) is 25.1. The van der Waals surface area contributed by atoms with Gasteiger partial charge in [0.25, 0.3) is 11.5 Å². The number of hydrogen-bond acceptors (Lipinski definition) is 2. The summed E-state index contributed by atoms with van der Waals surface area (Å²) in [5.74, 6) is 2.34. The van der Waals surface area contributed by atoms with Gasteiger partial charge < -0.3 is 0 Å². The van der Waals surface area contributed by atoms with Gasteiger partial charge in [-0.15, -0.1) is 9.20 Å². The van der Waals surface area contributed by atoms with Crippen molar-refractivity contribution in [2.75, 3.05) is 18.6 Å². The molecule has 0 saturated carbocycles. The molecule has 18 rings (SSSR count). The molecule has 1 aliphatic heterocycles. The van der Waals surface area contributed by atoms with Gasteiger partial charge in [0, 0.05) is 69.6 Å². The Morgan fingerprint density at radius 3 is 1.05 bits per heavy atom. The van der Waals surface area contributed by atoms with Crippen LogP contribution in [0, 0.1) is 34.6 Å². The van der Waals surface area contributed by atoms with Gasteiger partial charge in [-0.25, -0.2) is 23.3 Å². The predicted octanol–water partition coefficient (Wildman–Crippen LogP) is 31.0. The van der Waals surface area contributed by atoms with Gasteiger partial charge in [-0.3, -0.25) is 5.01 Å².